The standard InChI is InChI=1S/C13H12N2OS/c1-3-12-14-7-11(17-12)13-15-9-5-4-8(2)6-10(9)16-13/h4-7H,3H2,1-2H3. The minimum atomic E-state index is 0.669. The third-order valence-electron chi connectivity index (χ3n) is 2.61. The third kappa shape index (κ3) is 1.85. The van der Waals surface area contributed by atoms with Gasteiger partial charge in [0.05, 0.1) is 11.2 Å². The molecule has 0 unspecified atom stereocenters. The van der Waals surface area contributed by atoms with Gasteiger partial charge in [-0.05, 0) is 31.0 Å². The molecule has 0 aliphatic heterocycles. The molecule has 3 rings (SSSR count). The number of hydrogen-bond donors (Lipinski definition) is 0. The van der Waals surface area contributed by atoms with E-state index in [-0.39, 0.29) is 0 Å². The molecule has 0 N–H and O–H groups in total. The van der Waals surface area contributed by atoms with E-state index in [9.17, 15) is 0 Å². The Kier molecular flexibility index (Phi) is 2.44. The summed E-state index contributed by atoms with van der Waals surface area (Å²) in [5, 5.41) is 1.11. The maximum absolute atomic E-state index is 5.75. The normalized spacial score (nSPS) is 11.2. The van der Waals surface area contributed by atoms with Gasteiger partial charge in [0.15, 0.2) is 5.58 Å². The molecule has 0 aliphatic carbocycles. The second kappa shape index (κ2) is 3.96. The second-order valence-electron chi connectivity index (χ2n) is 3.96. The van der Waals surface area contributed by atoms with E-state index in [0.29, 0.717) is 5.89 Å². The lowest BCUT2D eigenvalue weighted by molar-refractivity contribution is 0.621. The van der Waals surface area contributed by atoms with Crippen LogP contribution in [0.2, 0.25) is 0 Å². The average molecular weight is 244 g/mol. The molecule has 0 fully saturated rings. The highest BCUT2D eigenvalue weighted by Crippen LogP contribution is 2.29. The van der Waals surface area contributed by atoms with Crippen molar-refractivity contribution in [2.45, 2.75) is 20.3 Å². The van der Waals surface area contributed by atoms with Crippen molar-refractivity contribution in [2.24, 2.45) is 0 Å². The zero-order valence-electron chi connectivity index (χ0n) is 9.73. The molecular formula is C13H12N2OS. The molecule has 0 radical (unpaired) electrons. The van der Waals surface area contributed by atoms with Crippen molar-refractivity contribution in [3.63, 3.8) is 0 Å². The first-order chi connectivity index (χ1) is 8.26. The van der Waals surface area contributed by atoms with Crippen LogP contribution in [0.5, 0.6) is 0 Å². The molecule has 0 aliphatic rings. The van der Waals surface area contributed by atoms with Crippen molar-refractivity contribution >= 4 is 22.4 Å². The van der Waals surface area contributed by atoms with Gasteiger partial charge >= 0.3 is 0 Å². The van der Waals surface area contributed by atoms with Crippen molar-refractivity contribution in [3.05, 3.63) is 35.0 Å². The molecule has 0 bridgehead atoms. The molecule has 4 heteroatoms. The number of hydrogen-bond acceptors (Lipinski definition) is 4. The van der Waals surface area contributed by atoms with Crippen LogP contribution in [0.1, 0.15) is 17.5 Å². The van der Waals surface area contributed by atoms with Crippen molar-refractivity contribution in [2.75, 3.05) is 0 Å². The first kappa shape index (κ1) is 10.5. The Morgan fingerprint density at radius 2 is 2.24 bits per heavy atom. The fraction of sp³-hybridized carbons (Fsp3) is 0.231. The molecule has 2 heterocycles. The number of thiazole rings is 1. The Labute approximate surface area is 103 Å². The van der Waals surface area contributed by atoms with E-state index in [4.69, 9.17) is 4.42 Å². The maximum atomic E-state index is 5.75. The molecule has 3 nitrogen and oxygen atoms in total. The van der Waals surface area contributed by atoms with Gasteiger partial charge in [0.1, 0.15) is 10.4 Å². The molecule has 0 amide bonds. The molecule has 86 valence electrons. The van der Waals surface area contributed by atoms with E-state index in [1.54, 1.807) is 11.3 Å². The Morgan fingerprint density at radius 3 is 3.00 bits per heavy atom. The highest BCUT2D eigenvalue weighted by molar-refractivity contribution is 7.15. The first-order valence-electron chi connectivity index (χ1n) is 5.58. The lowest BCUT2D eigenvalue weighted by atomic mass is 10.2. The minimum absolute atomic E-state index is 0.669. The van der Waals surface area contributed by atoms with Crippen molar-refractivity contribution in [1.29, 1.82) is 0 Å². The SMILES string of the molecule is CCc1ncc(-c2nc3ccc(C)cc3o2)s1. The second-order valence-corrected chi connectivity index (χ2v) is 5.08. The Morgan fingerprint density at radius 1 is 1.35 bits per heavy atom. The van der Waals surface area contributed by atoms with Crippen molar-refractivity contribution in [3.8, 4) is 10.8 Å². The smallest absolute Gasteiger partial charge is 0.239 e. The van der Waals surface area contributed by atoms with Gasteiger partial charge in [0.2, 0.25) is 5.89 Å². The summed E-state index contributed by atoms with van der Waals surface area (Å²) < 4.78 is 5.75. The molecule has 0 saturated heterocycles. The van der Waals surface area contributed by atoms with Gasteiger partial charge in [-0.3, -0.25) is 0 Å². The van der Waals surface area contributed by atoms with E-state index < -0.39 is 0 Å². The Bertz CT molecular complexity index is 669. The largest absolute Gasteiger partial charge is 0.435 e. The molecule has 0 atom stereocenters. The van der Waals surface area contributed by atoms with Gasteiger partial charge in [0, 0.05) is 0 Å². The Hall–Kier alpha value is -1.68. The van der Waals surface area contributed by atoms with Gasteiger partial charge in [-0.1, -0.05) is 13.0 Å². The van der Waals surface area contributed by atoms with E-state index in [0.717, 1.165) is 27.4 Å². The van der Waals surface area contributed by atoms with Crippen LogP contribution in [-0.4, -0.2) is 9.97 Å². The van der Waals surface area contributed by atoms with Crippen LogP contribution < -0.4 is 0 Å². The van der Waals surface area contributed by atoms with Gasteiger partial charge in [0.25, 0.3) is 0 Å². The molecule has 0 saturated carbocycles. The number of aromatic nitrogens is 2. The van der Waals surface area contributed by atoms with Crippen LogP contribution in [0.4, 0.5) is 0 Å². The van der Waals surface area contributed by atoms with Crippen LogP contribution in [0.3, 0.4) is 0 Å². The van der Waals surface area contributed by atoms with Gasteiger partial charge in [-0.15, -0.1) is 11.3 Å². The summed E-state index contributed by atoms with van der Waals surface area (Å²) in [5.41, 5.74) is 2.92. The van der Waals surface area contributed by atoms with E-state index in [1.165, 1.54) is 5.56 Å². The highest BCUT2D eigenvalue weighted by Gasteiger charge is 2.11. The third-order valence-corrected chi connectivity index (χ3v) is 3.74. The molecule has 2 aromatic heterocycles. The average Bonchev–Trinajstić information content (AvgIpc) is 2.93. The summed E-state index contributed by atoms with van der Waals surface area (Å²) >= 11 is 1.64. The summed E-state index contributed by atoms with van der Waals surface area (Å²) in [4.78, 5) is 9.79. The monoisotopic (exact) mass is 244 g/mol. The van der Waals surface area contributed by atoms with Gasteiger partial charge < -0.3 is 4.42 Å². The molecule has 3 aromatic rings. The quantitative estimate of drug-likeness (QED) is 0.687. The van der Waals surface area contributed by atoms with E-state index in [2.05, 4.69) is 16.9 Å². The number of nitrogens with zero attached hydrogens (tertiary/aromatic N) is 2. The fourth-order valence-electron chi connectivity index (χ4n) is 1.71. The zero-order chi connectivity index (χ0) is 11.8. The van der Waals surface area contributed by atoms with Crippen LogP contribution >= 0.6 is 11.3 Å². The number of aryl methyl sites for hydroxylation is 2. The predicted molar refractivity (Wildman–Crippen MR) is 69.2 cm³/mol. The van der Waals surface area contributed by atoms with Crippen LogP contribution in [0, 0.1) is 6.92 Å². The number of rotatable bonds is 2. The van der Waals surface area contributed by atoms with Gasteiger partial charge in [-0.25, -0.2) is 9.97 Å². The summed E-state index contributed by atoms with van der Waals surface area (Å²) in [6.45, 7) is 4.14. The lowest BCUT2D eigenvalue weighted by Crippen LogP contribution is -1.71. The molecule has 17 heavy (non-hydrogen) atoms. The number of fused-ring (bicyclic) bond motifs is 1. The topological polar surface area (TPSA) is 38.9 Å². The lowest BCUT2D eigenvalue weighted by Gasteiger charge is -1.88. The van der Waals surface area contributed by atoms with Crippen molar-refractivity contribution in [1.82, 2.24) is 9.97 Å². The van der Waals surface area contributed by atoms with Crippen LogP contribution in [0.15, 0.2) is 28.8 Å². The van der Waals surface area contributed by atoms with Gasteiger partial charge in [-0.2, -0.15) is 0 Å². The molecular weight excluding hydrogens is 232 g/mol. The molecule has 1 aromatic carbocycles. The highest BCUT2D eigenvalue weighted by atomic mass is 32.1. The summed E-state index contributed by atoms with van der Waals surface area (Å²) in [7, 11) is 0. The van der Waals surface area contributed by atoms with Crippen molar-refractivity contribution < 1.29 is 4.42 Å². The first-order valence-corrected chi connectivity index (χ1v) is 6.40. The summed E-state index contributed by atoms with van der Waals surface area (Å²) in [5.74, 6) is 0.669. The number of oxazole rings is 1. The maximum Gasteiger partial charge on any atom is 0.239 e. The van der Waals surface area contributed by atoms with Crippen LogP contribution in [0.25, 0.3) is 21.9 Å². The Balaban J connectivity index is 2.11. The van der Waals surface area contributed by atoms with E-state index in [1.807, 2.05) is 31.3 Å². The summed E-state index contributed by atoms with van der Waals surface area (Å²) in [6, 6.07) is 6.03. The van der Waals surface area contributed by atoms with Crippen LogP contribution in [-0.2, 0) is 6.42 Å². The predicted octanol–water partition coefficient (Wildman–Crippen LogP) is 3.82. The molecule has 0 spiro atoms. The zero-order valence-corrected chi connectivity index (χ0v) is 10.5. The number of benzene rings is 1. The fourth-order valence-corrected chi connectivity index (χ4v) is 2.49. The van der Waals surface area contributed by atoms with E-state index >= 15 is 0 Å². The summed E-state index contributed by atoms with van der Waals surface area (Å²) in [6.07, 6.45) is 2.78. The minimum Gasteiger partial charge on any atom is -0.435 e.